The molecule has 2 N–H and O–H groups in total. The van der Waals surface area contributed by atoms with Crippen LogP contribution in [0.3, 0.4) is 0 Å². The van der Waals surface area contributed by atoms with Crippen molar-refractivity contribution in [1.82, 2.24) is 4.90 Å². The van der Waals surface area contributed by atoms with Crippen LogP contribution in [0.5, 0.6) is 0 Å². The third-order valence-electron chi connectivity index (χ3n) is 2.63. The zero-order valence-electron chi connectivity index (χ0n) is 9.70. The van der Waals surface area contributed by atoms with E-state index in [9.17, 15) is 13.2 Å². The molecule has 98 valence electrons. The van der Waals surface area contributed by atoms with Crippen molar-refractivity contribution >= 4 is 0 Å². The van der Waals surface area contributed by atoms with Crippen molar-refractivity contribution in [2.24, 2.45) is 11.7 Å². The zero-order valence-corrected chi connectivity index (χ0v) is 9.70. The molecule has 6 heteroatoms. The fraction of sp³-hybridized carbons (Fsp3) is 0.636. The third kappa shape index (κ3) is 4.40. The molecule has 1 aromatic rings. The topological polar surface area (TPSA) is 42.4 Å². The molecule has 0 aliphatic carbocycles. The summed E-state index contributed by atoms with van der Waals surface area (Å²) in [6, 6.07) is 3.46. The molecule has 0 saturated heterocycles. The van der Waals surface area contributed by atoms with Gasteiger partial charge in [0.25, 0.3) is 0 Å². The van der Waals surface area contributed by atoms with Crippen LogP contribution in [-0.2, 0) is 6.54 Å². The fourth-order valence-corrected chi connectivity index (χ4v) is 1.55. The molecular weight excluding hydrogens is 233 g/mol. The standard InChI is InChI=1S/C11H17F3N2O/c1-2-16(8-10-4-3-5-17-10)7-9(6-15)11(12,13)14/h3-5,9H,2,6-8,15H2,1H3. The van der Waals surface area contributed by atoms with E-state index in [-0.39, 0.29) is 6.54 Å². The minimum atomic E-state index is -4.24. The van der Waals surface area contributed by atoms with E-state index in [1.807, 2.05) is 6.92 Å². The molecule has 0 aliphatic heterocycles. The number of alkyl halides is 3. The first-order chi connectivity index (χ1) is 7.97. The molecule has 0 fully saturated rings. The summed E-state index contributed by atoms with van der Waals surface area (Å²) >= 11 is 0. The summed E-state index contributed by atoms with van der Waals surface area (Å²) < 4.78 is 42.8. The second-order valence-corrected chi connectivity index (χ2v) is 3.88. The highest BCUT2D eigenvalue weighted by Crippen LogP contribution is 2.26. The van der Waals surface area contributed by atoms with Gasteiger partial charge in [-0.2, -0.15) is 13.2 Å². The summed E-state index contributed by atoms with van der Waals surface area (Å²) in [5.41, 5.74) is 5.17. The van der Waals surface area contributed by atoms with Gasteiger partial charge >= 0.3 is 6.18 Å². The Balaban J connectivity index is 2.56. The van der Waals surface area contributed by atoms with E-state index in [2.05, 4.69) is 0 Å². The highest BCUT2D eigenvalue weighted by atomic mass is 19.4. The van der Waals surface area contributed by atoms with Gasteiger partial charge in [0, 0.05) is 13.1 Å². The van der Waals surface area contributed by atoms with Crippen molar-refractivity contribution in [1.29, 1.82) is 0 Å². The van der Waals surface area contributed by atoms with Crippen LogP contribution >= 0.6 is 0 Å². The van der Waals surface area contributed by atoms with E-state index in [0.29, 0.717) is 18.8 Å². The minimum Gasteiger partial charge on any atom is -0.468 e. The van der Waals surface area contributed by atoms with Gasteiger partial charge in [-0.05, 0) is 18.7 Å². The number of halogens is 3. The van der Waals surface area contributed by atoms with Crippen molar-refractivity contribution in [2.45, 2.75) is 19.6 Å². The first-order valence-corrected chi connectivity index (χ1v) is 5.48. The molecule has 17 heavy (non-hydrogen) atoms. The smallest absolute Gasteiger partial charge is 0.394 e. The molecule has 1 rings (SSSR count). The first kappa shape index (κ1) is 14.1. The van der Waals surface area contributed by atoms with Gasteiger partial charge in [0.15, 0.2) is 0 Å². The van der Waals surface area contributed by atoms with Crippen molar-refractivity contribution in [2.75, 3.05) is 19.6 Å². The fourth-order valence-electron chi connectivity index (χ4n) is 1.55. The Labute approximate surface area is 98.4 Å². The zero-order chi connectivity index (χ0) is 12.9. The molecule has 1 unspecified atom stereocenters. The molecule has 0 bridgehead atoms. The van der Waals surface area contributed by atoms with E-state index in [1.54, 1.807) is 17.0 Å². The van der Waals surface area contributed by atoms with E-state index < -0.39 is 18.6 Å². The van der Waals surface area contributed by atoms with Gasteiger partial charge in [0.1, 0.15) is 5.76 Å². The van der Waals surface area contributed by atoms with Crippen LogP contribution in [0.25, 0.3) is 0 Å². The molecule has 0 radical (unpaired) electrons. The molecule has 0 aromatic carbocycles. The van der Waals surface area contributed by atoms with Crippen molar-refractivity contribution in [3.63, 3.8) is 0 Å². The Morgan fingerprint density at radius 3 is 2.59 bits per heavy atom. The van der Waals surface area contributed by atoms with E-state index in [4.69, 9.17) is 10.2 Å². The second-order valence-electron chi connectivity index (χ2n) is 3.88. The maximum Gasteiger partial charge on any atom is 0.394 e. The molecule has 3 nitrogen and oxygen atoms in total. The van der Waals surface area contributed by atoms with Crippen LogP contribution < -0.4 is 5.73 Å². The van der Waals surface area contributed by atoms with Crippen LogP contribution in [0.2, 0.25) is 0 Å². The summed E-state index contributed by atoms with van der Waals surface area (Å²) in [5, 5.41) is 0. The average Bonchev–Trinajstić information content (AvgIpc) is 2.74. The quantitative estimate of drug-likeness (QED) is 0.842. The Morgan fingerprint density at radius 1 is 1.47 bits per heavy atom. The second kappa shape index (κ2) is 6.07. The predicted molar refractivity (Wildman–Crippen MR) is 58.3 cm³/mol. The molecule has 0 amide bonds. The van der Waals surface area contributed by atoms with Gasteiger partial charge in [-0.1, -0.05) is 6.92 Å². The highest BCUT2D eigenvalue weighted by Gasteiger charge is 2.39. The summed E-state index contributed by atoms with van der Waals surface area (Å²) in [4.78, 5) is 1.67. The highest BCUT2D eigenvalue weighted by molar-refractivity contribution is 4.98. The molecule has 1 atom stereocenters. The van der Waals surface area contributed by atoms with Crippen LogP contribution in [0.4, 0.5) is 13.2 Å². The molecule has 0 aliphatic rings. The largest absolute Gasteiger partial charge is 0.468 e. The van der Waals surface area contributed by atoms with Crippen LogP contribution in [0, 0.1) is 5.92 Å². The maximum absolute atomic E-state index is 12.6. The van der Waals surface area contributed by atoms with Gasteiger partial charge in [-0.3, -0.25) is 4.90 Å². The van der Waals surface area contributed by atoms with E-state index >= 15 is 0 Å². The lowest BCUT2D eigenvalue weighted by molar-refractivity contribution is -0.176. The molecule has 0 spiro atoms. The molecule has 0 saturated carbocycles. The summed E-state index contributed by atoms with van der Waals surface area (Å²) in [6.45, 7) is 2.21. The monoisotopic (exact) mass is 250 g/mol. The lowest BCUT2D eigenvalue weighted by Gasteiger charge is -2.26. The third-order valence-corrected chi connectivity index (χ3v) is 2.63. The van der Waals surface area contributed by atoms with Crippen LogP contribution in [-0.4, -0.2) is 30.7 Å². The number of hydrogen-bond acceptors (Lipinski definition) is 3. The normalized spacial score (nSPS) is 14.2. The SMILES string of the molecule is CCN(Cc1ccco1)CC(CN)C(F)(F)F. The van der Waals surface area contributed by atoms with Crippen molar-refractivity contribution < 1.29 is 17.6 Å². The molecule has 1 heterocycles. The predicted octanol–water partition coefficient (Wildman–Crippen LogP) is 2.24. The van der Waals surface area contributed by atoms with Crippen molar-refractivity contribution in [3.05, 3.63) is 24.2 Å². The maximum atomic E-state index is 12.6. The van der Waals surface area contributed by atoms with Crippen molar-refractivity contribution in [3.8, 4) is 0 Å². The van der Waals surface area contributed by atoms with Crippen LogP contribution in [0.15, 0.2) is 22.8 Å². The minimum absolute atomic E-state index is 0.100. The number of furan rings is 1. The van der Waals surface area contributed by atoms with Gasteiger partial charge in [-0.15, -0.1) is 0 Å². The Kier molecular flexibility index (Phi) is 5.02. The Bertz CT molecular complexity index is 311. The lowest BCUT2D eigenvalue weighted by atomic mass is 10.1. The summed E-state index contributed by atoms with van der Waals surface area (Å²) in [5.74, 6) is -0.831. The first-order valence-electron chi connectivity index (χ1n) is 5.48. The van der Waals surface area contributed by atoms with Crippen LogP contribution in [0.1, 0.15) is 12.7 Å². The number of rotatable bonds is 6. The Morgan fingerprint density at radius 2 is 2.18 bits per heavy atom. The number of nitrogens with two attached hydrogens (primary N) is 1. The van der Waals surface area contributed by atoms with E-state index in [0.717, 1.165) is 0 Å². The molecule has 1 aromatic heterocycles. The number of hydrogen-bond donors (Lipinski definition) is 1. The number of nitrogens with zero attached hydrogens (tertiary/aromatic N) is 1. The van der Waals surface area contributed by atoms with Gasteiger partial charge in [0.05, 0.1) is 18.7 Å². The summed E-state index contributed by atoms with van der Waals surface area (Å²) in [7, 11) is 0. The van der Waals surface area contributed by atoms with Gasteiger partial charge in [0.2, 0.25) is 0 Å². The van der Waals surface area contributed by atoms with E-state index in [1.165, 1.54) is 6.26 Å². The lowest BCUT2D eigenvalue weighted by Crippen LogP contribution is -2.40. The summed E-state index contributed by atoms with van der Waals surface area (Å²) in [6.07, 6.45) is -2.74. The average molecular weight is 250 g/mol. The van der Waals surface area contributed by atoms with Gasteiger partial charge < -0.3 is 10.2 Å². The molecular formula is C11H17F3N2O. The van der Waals surface area contributed by atoms with Gasteiger partial charge in [-0.25, -0.2) is 0 Å². The Hall–Kier alpha value is -1.01.